The largest absolute Gasteiger partial charge is 0.497 e. The first kappa shape index (κ1) is 13.8. The van der Waals surface area contributed by atoms with Crippen molar-refractivity contribution < 1.29 is 9.47 Å². The van der Waals surface area contributed by atoms with Gasteiger partial charge in [-0.05, 0) is 31.5 Å². The van der Waals surface area contributed by atoms with E-state index in [0.717, 1.165) is 24.3 Å². The van der Waals surface area contributed by atoms with Crippen molar-refractivity contribution in [3.8, 4) is 5.75 Å². The Bertz CT molecular complexity index is 318. The minimum Gasteiger partial charge on any atom is -0.497 e. The van der Waals surface area contributed by atoms with Crippen LogP contribution in [0.1, 0.15) is 12.8 Å². The molecule has 0 amide bonds. The van der Waals surface area contributed by atoms with Crippen LogP contribution >= 0.6 is 0 Å². The molecule has 1 rings (SSSR count). The topological polar surface area (TPSA) is 56.5 Å². The third kappa shape index (κ3) is 5.06. The second-order valence-corrected chi connectivity index (χ2v) is 3.96. The summed E-state index contributed by atoms with van der Waals surface area (Å²) in [6, 6.07) is 8.18. The molecular formula is C13H22N2O2. The number of ether oxygens (including phenoxy) is 2. The molecule has 0 aliphatic heterocycles. The van der Waals surface area contributed by atoms with E-state index in [1.165, 1.54) is 0 Å². The van der Waals surface area contributed by atoms with E-state index in [9.17, 15) is 0 Å². The predicted octanol–water partition coefficient (Wildman–Crippen LogP) is 1.86. The Balaban J connectivity index is 2.57. The Labute approximate surface area is 103 Å². The minimum atomic E-state index is 0.288. The molecule has 1 atom stereocenters. The van der Waals surface area contributed by atoms with Crippen molar-refractivity contribution in [1.82, 2.24) is 0 Å². The molecule has 0 aromatic heterocycles. The smallest absolute Gasteiger partial charge is 0.120 e. The Morgan fingerprint density at radius 1 is 1.35 bits per heavy atom. The van der Waals surface area contributed by atoms with Gasteiger partial charge in [0, 0.05) is 24.9 Å². The number of nitrogens with two attached hydrogens (primary N) is 1. The molecule has 3 N–H and O–H groups in total. The number of methoxy groups -OCH3 is 2. The molecule has 96 valence electrons. The maximum atomic E-state index is 5.52. The summed E-state index contributed by atoms with van der Waals surface area (Å²) >= 11 is 0. The van der Waals surface area contributed by atoms with Crippen LogP contribution in [0, 0.1) is 0 Å². The summed E-state index contributed by atoms with van der Waals surface area (Å²) in [6.07, 6.45) is 1.99. The van der Waals surface area contributed by atoms with E-state index in [1.807, 2.05) is 24.3 Å². The van der Waals surface area contributed by atoms with Crippen LogP contribution in [0.3, 0.4) is 0 Å². The van der Waals surface area contributed by atoms with E-state index in [-0.39, 0.29) is 6.04 Å². The van der Waals surface area contributed by atoms with Crippen molar-refractivity contribution >= 4 is 5.69 Å². The zero-order chi connectivity index (χ0) is 12.5. The highest BCUT2D eigenvalue weighted by atomic mass is 16.5. The number of rotatable bonds is 8. The van der Waals surface area contributed by atoms with Crippen molar-refractivity contribution in [3.63, 3.8) is 0 Å². The van der Waals surface area contributed by atoms with Gasteiger partial charge in [-0.3, -0.25) is 0 Å². The molecule has 0 bridgehead atoms. The zero-order valence-corrected chi connectivity index (χ0v) is 10.6. The van der Waals surface area contributed by atoms with E-state index >= 15 is 0 Å². The van der Waals surface area contributed by atoms with Crippen molar-refractivity contribution in [2.45, 2.75) is 18.9 Å². The quantitative estimate of drug-likeness (QED) is 0.726. The van der Waals surface area contributed by atoms with Crippen molar-refractivity contribution in [2.24, 2.45) is 5.73 Å². The number of anilines is 1. The summed E-state index contributed by atoms with van der Waals surface area (Å²) in [5, 5.41) is 3.43. The molecular weight excluding hydrogens is 216 g/mol. The first-order chi connectivity index (χ1) is 8.30. The fourth-order valence-electron chi connectivity index (χ4n) is 1.71. The molecule has 17 heavy (non-hydrogen) atoms. The molecule has 0 fully saturated rings. The monoisotopic (exact) mass is 238 g/mol. The first-order valence-corrected chi connectivity index (χ1v) is 5.89. The molecule has 1 aromatic rings. The normalized spacial score (nSPS) is 12.2. The maximum Gasteiger partial charge on any atom is 0.120 e. The third-order valence-corrected chi connectivity index (χ3v) is 2.57. The van der Waals surface area contributed by atoms with Crippen LogP contribution in [0.5, 0.6) is 5.75 Å². The van der Waals surface area contributed by atoms with E-state index < -0.39 is 0 Å². The fourth-order valence-corrected chi connectivity index (χ4v) is 1.71. The van der Waals surface area contributed by atoms with E-state index in [2.05, 4.69) is 5.32 Å². The Kier molecular flexibility index (Phi) is 6.43. The first-order valence-electron chi connectivity index (χ1n) is 5.89. The lowest BCUT2D eigenvalue weighted by Gasteiger charge is -2.19. The molecule has 4 nitrogen and oxygen atoms in total. The van der Waals surface area contributed by atoms with Gasteiger partial charge in [0.2, 0.25) is 0 Å². The summed E-state index contributed by atoms with van der Waals surface area (Å²) in [5.74, 6) is 0.852. The van der Waals surface area contributed by atoms with Gasteiger partial charge in [-0.1, -0.05) is 6.07 Å². The fraction of sp³-hybridized carbons (Fsp3) is 0.538. The molecule has 0 aliphatic carbocycles. The van der Waals surface area contributed by atoms with E-state index in [1.54, 1.807) is 14.2 Å². The summed E-state index contributed by atoms with van der Waals surface area (Å²) < 4.78 is 10.4. The highest BCUT2D eigenvalue weighted by Gasteiger charge is 2.07. The lowest BCUT2D eigenvalue weighted by molar-refractivity contribution is 0.182. The molecule has 0 aliphatic rings. The Morgan fingerprint density at radius 2 is 2.18 bits per heavy atom. The molecule has 4 heteroatoms. The predicted molar refractivity (Wildman–Crippen MR) is 70.6 cm³/mol. The molecule has 1 unspecified atom stereocenters. The highest BCUT2D eigenvalue weighted by molar-refractivity contribution is 5.48. The standard InChI is InChI=1S/C13H22N2O2/c1-16-10-12(6-4-8-14)15-11-5-3-7-13(9-11)17-2/h3,5,7,9,12,15H,4,6,8,10,14H2,1-2H3. The lowest BCUT2D eigenvalue weighted by atomic mass is 10.1. The van der Waals surface area contributed by atoms with E-state index in [4.69, 9.17) is 15.2 Å². The summed E-state index contributed by atoms with van der Waals surface area (Å²) in [4.78, 5) is 0. The van der Waals surface area contributed by atoms with Gasteiger partial charge in [-0.25, -0.2) is 0 Å². The van der Waals surface area contributed by atoms with Crippen LogP contribution in [0.2, 0.25) is 0 Å². The van der Waals surface area contributed by atoms with Gasteiger partial charge < -0.3 is 20.5 Å². The third-order valence-electron chi connectivity index (χ3n) is 2.57. The summed E-state index contributed by atoms with van der Waals surface area (Å²) in [7, 11) is 3.38. The second-order valence-electron chi connectivity index (χ2n) is 3.96. The van der Waals surface area contributed by atoms with Crippen molar-refractivity contribution in [3.05, 3.63) is 24.3 Å². The van der Waals surface area contributed by atoms with Crippen LogP contribution in [-0.4, -0.2) is 33.4 Å². The number of benzene rings is 1. The average molecular weight is 238 g/mol. The van der Waals surface area contributed by atoms with Gasteiger partial charge in [-0.15, -0.1) is 0 Å². The SMILES string of the molecule is COCC(CCCN)Nc1cccc(OC)c1. The maximum absolute atomic E-state index is 5.52. The van der Waals surface area contributed by atoms with Crippen LogP contribution in [-0.2, 0) is 4.74 Å². The van der Waals surface area contributed by atoms with Gasteiger partial charge in [0.1, 0.15) is 5.75 Å². The second kappa shape index (κ2) is 7.92. The molecule has 0 spiro atoms. The zero-order valence-electron chi connectivity index (χ0n) is 10.6. The average Bonchev–Trinajstić information content (AvgIpc) is 2.36. The van der Waals surface area contributed by atoms with Gasteiger partial charge in [-0.2, -0.15) is 0 Å². The van der Waals surface area contributed by atoms with Crippen LogP contribution < -0.4 is 15.8 Å². The van der Waals surface area contributed by atoms with Gasteiger partial charge in [0.15, 0.2) is 0 Å². The summed E-state index contributed by atoms with van der Waals surface area (Å²) in [5.41, 5.74) is 6.57. The van der Waals surface area contributed by atoms with Gasteiger partial charge >= 0.3 is 0 Å². The van der Waals surface area contributed by atoms with Crippen molar-refractivity contribution in [1.29, 1.82) is 0 Å². The van der Waals surface area contributed by atoms with Gasteiger partial charge in [0.25, 0.3) is 0 Å². The number of hydrogen-bond donors (Lipinski definition) is 2. The molecule has 0 radical (unpaired) electrons. The minimum absolute atomic E-state index is 0.288. The molecule has 0 heterocycles. The molecule has 0 saturated heterocycles. The van der Waals surface area contributed by atoms with Crippen LogP contribution in [0.15, 0.2) is 24.3 Å². The number of hydrogen-bond acceptors (Lipinski definition) is 4. The Hall–Kier alpha value is -1.26. The highest BCUT2D eigenvalue weighted by Crippen LogP contribution is 2.18. The summed E-state index contributed by atoms with van der Waals surface area (Å²) in [6.45, 7) is 1.39. The van der Waals surface area contributed by atoms with Crippen molar-refractivity contribution in [2.75, 3.05) is 32.7 Å². The molecule has 0 saturated carbocycles. The van der Waals surface area contributed by atoms with Gasteiger partial charge in [0.05, 0.1) is 13.7 Å². The van der Waals surface area contributed by atoms with Crippen LogP contribution in [0.4, 0.5) is 5.69 Å². The lowest BCUT2D eigenvalue weighted by Crippen LogP contribution is -2.25. The Morgan fingerprint density at radius 3 is 2.82 bits per heavy atom. The van der Waals surface area contributed by atoms with Crippen LogP contribution in [0.25, 0.3) is 0 Å². The van der Waals surface area contributed by atoms with E-state index in [0.29, 0.717) is 13.2 Å². The molecule has 1 aromatic carbocycles. The number of nitrogens with one attached hydrogen (secondary N) is 1.